The third-order valence-corrected chi connectivity index (χ3v) is 2.69. The van der Waals surface area contributed by atoms with Crippen LogP contribution in [0.25, 0.3) is 0 Å². The highest BCUT2D eigenvalue weighted by molar-refractivity contribution is 5.65. The molecular weight excluding hydrogens is 251 g/mol. The van der Waals surface area contributed by atoms with Gasteiger partial charge in [-0.3, -0.25) is 0 Å². The topological polar surface area (TPSA) is 58.6 Å². The number of carboxylic acid groups (broad SMARTS) is 1. The van der Waals surface area contributed by atoms with Crippen molar-refractivity contribution in [1.82, 2.24) is 5.32 Å². The van der Waals surface area contributed by atoms with Crippen LogP contribution in [0, 0.1) is 0 Å². The van der Waals surface area contributed by atoms with Crippen LogP contribution in [0.3, 0.4) is 0 Å². The molecule has 1 amide bonds. The van der Waals surface area contributed by atoms with E-state index >= 15 is 0 Å². The largest absolute Gasteiger partial charge is 0.465 e. The number of hydrogen-bond acceptors (Lipinski definition) is 2. The zero-order valence-corrected chi connectivity index (χ0v) is 9.12. The summed E-state index contributed by atoms with van der Waals surface area (Å²) in [4.78, 5) is 10.6. The van der Waals surface area contributed by atoms with Crippen LogP contribution in [-0.4, -0.2) is 17.8 Å². The van der Waals surface area contributed by atoms with E-state index in [2.05, 4.69) is 5.32 Å². The van der Waals surface area contributed by atoms with E-state index in [-0.39, 0.29) is 13.2 Å². The van der Waals surface area contributed by atoms with Gasteiger partial charge in [0.2, 0.25) is 0 Å². The molecule has 0 radical (unpaired) electrons. The Morgan fingerprint density at radius 2 is 2.17 bits per heavy atom. The molecule has 0 aliphatic carbocycles. The van der Waals surface area contributed by atoms with Crippen molar-refractivity contribution in [3.05, 3.63) is 34.9 Å². The summed E-state index contributed by atoms with van der Waals surface area (Å²) in [5.74, 6) is 0. The molecule has 0 fully saturated rings. The molecule has 2 N–H and O–H groups in total. The van der Waals surface area contributed by atoms with Gasteiger partial charge in [-0.25, -0.2) is 4.79 Å². The highest BCUT2D eigenvalue weighted by atomic mass is 19.4. The number of halogens is 3. The third-order valence-electron chi connectivity index (χ3n) is 2.69. The van der Waals surface area contributed by atoms with Gasteiger partial charge in [-0.2, -0.15) is 13.2 Å². The smallest absolute Gasteiger partial charge is 0.416 e. The van der Waals surface area contributed by atoms with Crippen molar-refractivity contribution < 1.29 is 27.8 Å². The summed E-state index contributed by atoms with van der Waals surface area (Å²) in [5.41, 5.74) is 0.0896. The summed E-state index contributed by atoms with van der Waals surface area (Å²) in [7, 11) is 0. The van der Waals surface area contributed by atoms with Crippen molar-refractivity contribution >= 4 is 6.09 Å². The Labute approximate surface area is 100 Å². The Bertz CT molecular complexity index is 473. The number of fused-ring (bicyclic) bond motifs is 1. The number of rotatable bonds is 1. The molecule has 1 atom stereocenters. The molecule has 1 aromatic rings. The molecule has 1 aliphatic heterocycles. The van der Waals surface area contributed by atoms with Crippen LogP contribution in [0.2, 0.25) is 0 Å². The van der Waals surface area contributed by atoms with Crippen LogP contribution < -0.4 is 5.32 Å². The van der Waals surface area contributed by atoms with Crippen LogP contribution in [0.15, 0.2) is 18.2 Å². The molecule has 1 heterocycles. The molecular formula is C11H10F3NO3. The van der Waals surface area contributed by atoms with Gasteiger partial charge in [-0.1, -0.05) is 6.07 Å². The summed E-state index contributed by atoms with van der Waals surface area (Å²) >= 11 is 0. The van der Waals surface area contributed by atoms with E-state index in [1.807, 2.05) is 0 Å². The first-order valence-electron chi connectivity index (χ1n) is 5.15. The molecule has 2 rings (SSSR count). The van der Waals surface area contributed by atoms with Gasteiger partial charge in [-0.05, 0) is 23.3 Å². The van der Waals surface area contributed by atoms with Gasteiger partial charge in [0.25, 0.3) is 0 Å². The van der Waals surface area contributed by atoms with E-state index in [1.165, 1.54) is 6.07 Å². The minimum atomic E-state index is -4.44. The van der Waals surface area contributed by atoms with Gasteiger partial charge in [0.15, 0.2) is 0 Å². The first kappa shape index (κ1) is 12.7. The lowest BCUT2D eigenvalue weighted by Crippen LogP contribution is -2.33. The van der Waals surface area contributed by atoms with E-state index < -0.39 is 23.9 Å². The standard InChI is InChI=1S/C11H10F3NO3/c12-11(13,14)7-2-1-6-4-18-5-9(8(6)3-7)15-10(16)17/h1-3,9,15H,4-5H2,(H,16,17). The highest BCUT2D eigenvalue weighted by Gasteiger charge is 2.33. The lowest BCUT2D eigenvalue weighted by atomic mass is 9.96. The average Bonchev–Trinajstić information content (AvgIpc) is 2.27. The van der Waals surface area contributed by atoms with E-state index in [0.717, 1.165) is 12.1 Å². The number of benzene rings is 1. The molecule has 0 aromatic heterocycles. The van der Waals surface area contributed by atoms with Crippen LogP contribution >= 0.6 is 0 Å². The molecule has 98 valence electrons. The Morgan fingerprint density at radius 3 is 2.78 bits per heavy atom. The van der Waals surface area contributed by atoms with Crippen molar-refractivity contribution in [2.45, 2.75) is 18.8 Å². The van der Waals surface area contributed by atoms with Gasteiger partial charge >= 0.3 is 12.3 Å². The molecule has 0 bridgehead atoms. The number of nitrogens with one attached hydrogen (secondary N) is 1. The monoisotopic (exact) mass is 261 g/mol. The van der Waals surface area contributed by atoms with E-state index in [1.54, 1.807) is 0 Å². The predicted molar refractivity (Wildman–Crippen MR) is 55.0 cm³/mol. The summed E-state index contributed by atoms with van der Waals surface area (Å²) in [6, 6.07) is 2.48. The number of alkyl halides is 3. The molecule has 0 spiro atoms. The Balaban J connectivity index is 2.38. The third kappa shape index (κ3) is 2.56. The van der Waals surface area contributed by atoms with E-state index in [0.29, 0.717) is 11.1 Å². The zero-order chi connectivity index (χ0) is 13.3. The lowest BCUT2D eigenvalue weighted by molar-refractivity contribution is -0.137. The number of amides is 1. The summed E-state index contributed by atoms with van der Waals surface area (Å²) in [6.45, 7) is 0.214. The van der Waals surface area contributed by atoms with Crippen LogP contribution in [0.5, 0.6) is 0 Å². The summed E-state index contributed by atoms with van der Waals surface area (Å²) < 4.78 is 42.9. The fourth-order valence-corrected chi connectivity index (χ4v) is 1.87. The van der Waals surface area contributed by atoms with Gasteiger partial charge in [0.1, 0.15) is 0 Å². The van der Waals surface area contributed by atoms with Gasteiger partial charge in [0, 0.05) is 0 Å². The molecule has 1 aliphatic rings. The molecule has 18 heavy (non-hydrogen) atoms. The average molecular weight is 261 g/mol. The quantitative estimate of drug-likeness (QED) is 0.816. The van der Waals surface area contributed by atoms with Crippen LogP contribution in [-0.2, 0) is 17.5 Å². The SMILES string of the molecule is O=C(O)NC1COCc2ccc(C(F)(F)F)cc21. The molecule has 7 heteroatoms. The fourth-order valence-electron chi connectivity index (χ4n) is 1.87. The first-order chi connectivity index (χ1) is 8.38. The minimum absolute atomic E-state index is 0.0284. The van der Waals surface area contributed by atoms with Gasteiger partial charge in [-0.15, -0.1) is 0 Å². The summed E-state index contributed by atoms with van der Waals surface area (Å²) in [6.07, 6.45) is -5.74. The van der Waals surface area contributed by atoms with E-state index in [9.17, 15) is 18.0 Å². The zero-order valence-electron chi connectivity index (χ0n) is 9.12. The summed E-state index contributed by atoms with van der Waals surface area (Å²) in [5, 5.41) is 10.8. The predicted octanol–water partition coefficient (Wildman–Crippen LogP) is 2.54. The first-order valence-corrected chi connectivity index (χ1v) is 5.15. The van der Waals surface area contributed by atoms with Gasteiger partial charge < -0.3 is 15.2 Å². The fraction of sp³-hybridized carbons (Fsp3) is 0.364. The van der Waals surface area contributed by atoms with Crippen molar-refractivity contribution in [3.8, 4) is 0 Å². The van der Waals surface area contributed by atoms with Crippen molar-refractivity contribution in [2.24, 2.45) is 0 Å². The van der Waals surface area contributed by atoms with Gasteiger partial charge in [0.05, 0.1) is 24.8 Å². The molecule has 1 unspecified atom stereocenters. The normalized spacial score (nSPS) is 19.2. The molecule has 0 saturated carbocycles. The number of hydrogen-bond donors (Lipinski definition) is 2. The Kier molecular flexibility index (Phi) is 3.16. The second-order valence-electron chi connectivity index (χ2n) is 3.93. The maximum absolute atomic E-state index is 12.6. The minimum Gasteiger partial charge on any atom is -0.465 e. The maximum Gasteiger partial charge on any atom is 0.416 e. The molecule has 1 aromatic carbocycles. The van der Waals surface area contributed by atoms with Crippen molar-refractivity contribution in [2.75, 3.05) is 6.61 Å². The highest BCUT2D eigenvalue weighted by Crippen LogP contribution is 2.34. The Hall–Kier alpha value is -1.76. The second kappa shape index (κ2) is 4.49. The number of carbonyl (C=O) groups is 1. The number of ether oxygens (including phenoxy) is 1. The van der Waals surface area contributed by atoms with Crippen LogP contribution in [0.4, 0.5) is 18.0 Å². The second-order valence-corrected chi connectivity index (χ2v) is 3.93. The van der Waals surface area contributed by atoms with E-state index in [4.69, 9.17) is 9.84 Å². The maximum atomic E-state index is 12.6. The Morgan fingerprint density at radius 1 is 1.44 bits per heavy atom. The van der Waals surface area contributed by atoms with Crippen molar-refractivity contribution in [3.63, 3.8) is 0 Å². The molecule has 0 saturated heterocycles. The van der Waals surface area contributed by atoms with Crippen LogP contribution in [0.1, 0.15) is 22.7 Å². The van der Waals surface area contributed by atoms with Crippen molar-refractivity contribution in [1.29, 1.82) is 0 Å². The lowest BCUT2D eigenvalue weighted by Gasteiger charge is -2.26. The molecule has 4 nitrogen and oxygen atoms in total.